The summed E-state index contributed by atoms with van der Waals surface area (Å²) in [5, 5.41) is 15.0. The SMILES string of the molecule is COS(=O)(=O)N[C@H]1C[C@@H](n2ccc3c(N[C@@H]4CC(C)(C)c5ccccc54)ncnc32)C[C@@H]1O. The Kier molecular flexibility index (Phi) is 5.43. The molecular weight excluding hydrogens is 442 g/mol. The van der Waals surface area contributed by atoms with Gasteiger partial charge in [-0.2, -0.15) is 13.1 Å². The highest BCUT2D eigenvalue weighted by molar-refractivity contribution is 7.84. The van der Waals surface area contributed by atoms with E-state index in [9.17, 15) is 13.5 Å². The smallest absolute Gasteiger partial charge is 0.335 e. The van der Waals surface area contributed by atoms with E-state index in [2.05, 4.69) is 62.3 Å². The Bertz CT molecular complexity index is 1290. The highest BCUT2D eigenvalue weighted by atomic mass is 32.2. The molecule has 9 nitrogen and oxygen atoms in total. The van der Waals surface area contributed by atoms with Crippen LogP contribution in [0.1, 0.15) is 56.3 Å². The molecule has 2 aromatic heterocycles. The van der Waals surface area contributed by atoms with Gasteiger partial charge in [0.25, 0.3) is 0 Å². The molecule has 1 saturated carbocycles. The van der Waals surface area contributed by atoms with Crippen molar-refractivity contribution in [3.05, 3.63) is 54.0 Å². The summed E-state index contributed by atoms with van der Waals surface area (Å²) in [7, 11) is -2.79. The molecule has 0 aliphatic heterocycles. The van der Waals surface area contributed by atoms with Crippen molar-refractivity contribution in [2.75, 3.05) is 12.4 Å². The van der Waals surface area contributed by atoms with Gasteiger partial charge in [-0.25, -0.2) is 9.97 Å². The highest BCUT2D eigenvalue weighted by Crippen LogP contribution is 2.46. The second-order valence-corrected chi connectivity index (χ2v) is 11.1. The number of anilines is 1. The first-order chi connectivity index (χ1) is 15.7. The molecule has 2 aliphatic carbocycles. The zero-order chi connectivity index (χ0) is 23.4. The molecule has 5 rings (SSSR count). The van der Waals surface area contributed by atoms with Crippen LogP contribution in [0.15, 0.2) is 42.9 Å². The molecule has 176 valence electrons. The molecule has 0 amide bonds. The van der Waals surface area contributed by atoms with Crippen LogP contribution in [0.3, 0.4) is 0 Å². The Hall–Kier alpha value is -2.53. The first-order valence-electron chi connectivity index (χ1n) is 11.1. The van der Waals surface area contributed by atoms with Crippen molar-refractivity contribution in [2.24, 2.45) is 0 Å². The summed E-state index contributed by atoms with van der Waals surface area (Å²) in [4.78, 5) is 9.03. The topological polar surface area (TPSA) is 118 Å². The number of nitrogens with one attached hydrogen (secondary N) is 2. The second-order valence-electron chi connectivity index (χ2n) is 9.59. The molecule has 3 aromatic rings. The molecule has 0 spiro atoms. The van der Waals surface area contributed by atoms with Crippen molar-refractivity contribution in [3.63, 3.8) is 0 Å². The maximum atomic E-state index is 11.8. The number of aliphatic hydroxyl groups excluding tert-OH is 1. The molecule has 3 N–H and O–H groups in total. The van der Waals surface area contributed by atoms with Gasteiger partial charge < -0.3 is 15.0 Å². The Labute approximate surface area is 193 Å². The lowest BCUT2D eigenvalue weighted by Crippen LogP contribution is -2.40. The summed E-state index contributed by atoms with van der Waals surface area (Å²) >= 11 is 0. The second kappa shape index (κ2) is 8.05. The Morgan fingerprint density at radius 3 is 2.76 bits per heavy atom. The third kappa shape index (κ3) is 4.01. The zero-order valence-corrected chi connectivity index (χ0v) is 19.7. The van der Waals surface area contributed by atoms with Crippen LogP contribution in [-0.2, 0) is 19.9 Å². The van der Waals surface area contributed by atoms with Crippen LogP contribution in [0.25, 0.3) is 11.0 Å². The van der Waals surface area contributed by atoms with Crippen LogP contribution in [0, 0.1) is 0 Å². The molecule has 1 aromatic carbocycles. The molecule has 0 bridgehead atoms. The van der Waals surface area contributed by atoms with Crippen LogP contribution in [0.2, 0.25) is 0 Å². The lowest BCUT2D eigenvalue weighted by atomic mass is 9.86. The number of aliphatic hydroxyl groups is 1. The normalized spacial score (nSPS) is 26.5. The van der Waals surface area contributed by atoms with Crippen molar-refractivity contribution in [2.45, 2.75) is 62.8 Å². The number of hydrogen-bond acceptors (Lipinski definition) is 7. The fourth-order valence-electron chi connectivity index (χ4n) is 5.40. The third-order valence-corrected chi connectivity index (χ3v) is 8.04. The quantitative estimate of drug-likeness (QED) is 0.506. The van der Waals surface area contributed by atoms with E-state index in [1.54, 1.807) is 6.33 Å². The lowest BCUT2D eigenvalue weighted by molar-refractivity contribution is 0.154. The molecule has 33 heavy (non-hydrogen) atoms. The largest absolute Gasteiger partial charge is 0.391 e. The van der Waals surface area contributed by atoms with E-state index in [0.29, 0.717) is 12.8 Å². The summed E-state index contributed by atoms with van der Waals surface area (Å²) in [5.74, 6) is 0.770. The molecule has 2 aliphatic rings. The number of benzene rings is 1. The van der Waals surface area contributed by atoms with Crippen molar-refractivity contribution in [1.29, 1.82) is 0 Å². The van der Waals surface area contributed by atoms with Gasteiger partial charge in [0.1, 0.15) is 17.8 Å². The molecule has 0 saturated heterocycles. The standard InChI is InChI=1S/C23H29N5O4S/c1-23(2)12-19(15-6-4-5-7-17(15)23)26-21-16-8-9-28(22(16)25-13-24-21)14-10-18(20(29)11-14)27-33(30,31)32-3/h4-9,13-14,18-20,27,29H,10-12H2,1-3H3,(H,24,25,26)/t14-,18+,19-,20+/m1/s1. The Morgan fingerprint density at radius 1 is 1.18 bits per heavy atom. The number of nitrogens with zero attached hydrogens (tertiary/aromatic N) is 3. The van der Waals surface area contributed by atoms with Gasteiger partial charge in [-0.3, -0.25) is 4.18 Å². The monoisotopic (exact) mass is 471 g/mol. The van der Waals surface area contributed by atoms with Crippen molar-refractivity contribution < 1.29 is 17.7 Å². The van der Waals surface area contributed by atoms with Gasteiger partial charge >= 0.3 is 10.3 Å². The first kappa shape index (κ1) is 22.3. The summed E-state index contributed by atoms with van der Waals surface area (Å²) in [5.41, 5.74) is 3.48. The van der Waals surface area contributed by atoms with Crippen LogP contribution in [0.4, 0.5) is 5.82 Å². The molecule has 2 heterocycles. The van der Waals surface area contributed by atoms with E-state index in [4.69, 9.17) is 0 Å². The Balaban J connectivity index is 1.41. The summed E-state index contributed by atoms with van der Waals surface area (Å²) in [6, 6.07) is 9.93. The average Bonchev–Trinajstić information content (AvgIpc) is 3.43. The maximum Gasteiger partial charge on any atom is 0.335 e. The van der Waals surface area contributed by atoms with Crippen molar-refractivity contribution >= 4 is 27.2 Å². The molecule has 0 unspecified atom stereocenters. The van der Waals surface area contributed by atoms with Crippen LogP contribution in [0.5, 0.6) is 0 Å². The highest BCUT2D eigenvalue weighted by Gasteiger charge is 2.38. The van der Waals surface area contributed by atoms with E-state index >= 15 is 0 Å². The van der Waals surface area contributed by atoms with Gasteiger partial charge in [0.15, 0.2) is 0 Å². The van der Waals surface area contributed by atoms with Gasteiger partial charge in [0.05, 0.1) is 30.7 Å². The minimum absolute atomic E-state index is 0.0802. The predicted octanol–water partition coefficient (Wildman–Crippen LogP) is 2.81. The zero-order valence-electron chi connectivity index (χ0n) is 18.9. The molecular formula is C23H29N5O4S. The third-order valence-electron chi connectivity index (χ3n) is 7.01. The van der Waals surface area contributed by atoms with E-state index in [-0.39, 0.29) is 17.5 Å². The number of fused-ring (bicyclic) bond motifs is 2. The molecule has 4 atom stereocenters. The van der Waals surface area contributed by atoms with Gasteiger partial charge in [-0.05, 0) is 41.9 Å². The number of hydrogen-bond donors (Lipinski definition) is 3. The van der Waals surface area contributed by atoms with Crippen molar-refractivity contribution in [3.8, 4) is 0 Å². The Morgan fingerprint density at radius 2 is 1.97 bits per heavy atom. The summed E-state index contributed by atoms with van der Waals surface area (Å²) in [6.45, 7) is 4.53. The van der Waals surface area contributed by atoms with E-state index in [1.807, 2.05) is 16.8 Å². The number of rotatable bonds is 6. The van der Waals surface area contributed by atoms with Crippen LogP contribution in [-0.4, -0.2) is 47.3 Å². The maximum absolute atomic E-state index is 11.8. The fourth-order valence-corrected chi connectivity index (χ4v) is 6.12. The van der Waals surface area contributed by atoms with E-state index in [1.165, 1.54) is 11.1 Å². The van der Waals surface area contributed by atoms with E-state index in [0.717, 1.165) is 30.4 Å². The van der Waals surface area contributed by atoms with Gasteiger partial charge in [-0.15, -0.1) is 0 Å². The minimum atomic E-state index is -3.88. The average molecular weight is 472 g/mol. The van der Waals surface area contributed by atoms with Gasteiger partial charge in [0.2, 0.25) is 0 Å². The molecule has 10 heteroatoms. The van der Waals surface area contributed by atoms with Crippen molar-refractivity contribution in [1.82, 2.24) is 19.3 Å². The summed E-state index contributed by atoms with van der Waals surface area (Å²) in [6.07, 6.45) is 4.48. The lowest BCUT2D eigenvalue weighted by Gasteiger charge is -2.20. The number of aromatic nitrogens is 3. The predicted molar refractivity (Wildman–Crippen MR) is 125 cm³/mol. The minimum Gasteiger partial charge on any atom is -0.391 e. The first-order valence-corrected chi connectivity index (χ1v) is 12.5. The van der Waals surface area contributed by atoms with E-state index < -0.39 is 22.4 Å². The van der Waals surface area contributed by atoms with Gasteiger partial charge in [0, 0.05) is 12.2 Å². The molecule has 0 radical (unpaired) electrons. The molecule has 1 fully saturated rings. The van der Waals surface area contributed by atoms with Crippen LogP contribution < -0.4 is 10.0 Å². The fraction of sp³-hybridized carbons (Fsp3) is 0.478. The van der Waals surface area contributed by atoms with Gasteiger partial charge in [-0.1, -0.05) is 38.1 Å². The summed E-state index contributed by atoms with van der Waals surface area (Å²) < 4.78 is 32.4. The van der Waals surface area contributed by atoms with Crippen LogP contribution >= 0.6 is 0 Å².